The van der Waals surface area contributed by atoms with Gasteiger partial charge < -0.3 is 10.5 Å². The van der Waals surface area contributed by atoms with Crippen LogP contribution >= 0.6 is 0 Å². The molecule has 0 unspecified atom stereocenters. The Morgan fingerprint density at radius 1 is 1.55 bits per heavy atom. The highest BCUT2D eigenvalue weighted by Gasteiger charge is 2.00. The first-order valence-electron chi connectivity index (χ1n) is 3.21. The summed E-state index contributed by atoms with van der Waals surface area (Å²) in [7, 11) is 0. The van der Waals surface area contributed by atoms with E-state index in [1.807, 2.05) is 0 Å². The van der Waals surface area contributed by atoms with Crippen molar-refractivity contribution in [2.24, 2.45) is 0 Å². The van der Waals surface area contributed by atoms with E-state index >= 15 is 0 Å². The Bertz CT molecular complexity index is 273. The summed E-state index contributed by atoms with van der Waals surface area (Å²) in [4.78, 5) is 10.0. The molecule has 0 fully saturated rings. The number of nitrogens with two attached hydrogens (primary N) is 1. The molecule has 2 N–H and O–H groups in total. The van der Waals surface area contributed by atoms with E-state index in [-0.39, 0.29) is 12.2 Å². The second kappa shape index (κ2) is 3.14. The minimum atomic E-state index is -0.383. The molecular formula is C8H8FNO. The average Bonchev–Trinajstić information content (AvgIpc) is 1.98. The summed E-state index contributed by atoms with van der Waals surface area (Å²) in [5, 5.41) is 0. The van der Waals surface area contributed by atoms with Gasteiger partial charge >= 0.3 is 0 Å². The third kappa shape index (κ3) is 1.77. The molecule has 0 spiro atoms. The first-order chi connectivity index (χ1) is 5.24. The Morgan fingerprint density at radius 3 is 2.91 bits per heavy atom. The van der Waals surface area contributed by atoms with Crippen LogP contribution in [0.3, 0.4) is 0 Å². The molecular weight excluding hydrogens is 145 g/mol. The van der Waals surface area contributed by atoms with Gasteiger partial charge in [0.1, 0.15) is 12.1 Å². The van der Waals surface area contributed by atoms with Crippen LogP contribution in [-0.2, 0) is 11.2 Å². The van der Waals surface area contributed by atoms with Crippen LogP contribution in [0.25, 0.3) is 0 Å². The predicted molar refractivity (Wildman–Crippen MR) is 40.6 cm³/mol. The first-order valence-corrected chi connectivity index (χ1v) is 3.21. The van der Waals surface area contributed by atoms with Crippen molar-refractivity contribution < 1.29 is 9.18 Å². The summed E-state index contributed by atoms with van der Waals surface area (Å²) in [6.45, 7) is 0. The molecule has 0 atom stereocenters. The lowest BCUT2D eigenvalue weighted by Gasteiger charge is -1.98. The molecule has 1 aromatic carbocycles. The van der Waals surface area contributed by atoms with Crippen LogP contribution < -0.4 is 5.73 Å². The number of carbonyl (C=O) groups is 1. The summed E-state index contributed by atoms with van der Waals surface area (Å²) in [6.07, 6.45) is 0.731. The maximum absolute atomic E-state index is 12.7. The van der Waals surface area contributed by atoms with Gasteiger partial charge in [0.2, 0.25) is 0 Å². The molecule has 0 aliphatic heterocycles. The third-order valence-corrected chi connectivity index (χ3v) is 1.37. The molecule has 58 valence electrons. The average molecular weight is 153 g/mol. The SMILES string of the molecule is Nc1ccc(F)c(CC=O)c1. The Balaban J connectivity index is 3.01. The summed E-state index contributed by atoms with van der Waals surface area (Å²) in [6, 6.07) is 4.18. The van der Waals surface area contributed by atoms with E-state index < -0.39 is 0 Å². The number of aldehydes is 1. The second-order valence-corrected chi connectivity index (χ2v) is 2.22. The lowest BCUT2D eigenvalue weighted by atomic mass is 10.1. The zero-order valence-corrected chi connectivity index (χ0v) is 5.88. The fourth-order valence-corrected chi connectivity index (χ4v) is 0.841. The lowest BCUT2D eigenvalue weighted by Crippen LogP contribution is -1.94. The van der Waals surface area contributed by atoms with Gasteiger partial charge in [-0.2, -0.15) is 0 Å². The fraction of sp³-hybridized carbons (Fsp3) is 0.125. The van der Waals surface area contributed by atoms with Gasteiger partial charge in [-0.05, 0) is 23.8 Å². The molecule has 0 aliphatic carbocycles. The molecule has 0 saturated carbocycles. The molecule has 0 bridgehead atoms. The summed E-state index contributed by atoms with van der Waals surface area (Å²) in [5.41, 5.74) is 6.20. The van der Waals surface area contributed by atoms with Crippen molar-refractivity contribution in [1.82, 2.24) is 0 Å². The van der Waals surface area contributed by atoms with E-state index in [1.165, 1.54) is 18.2 Å². The van der Waals surface area contributed by atoms with Crippen molar-refractivity contribution in [1.29, 1.82) is 0 Å². The number of rotatable bonds is 2. The lowest BCUT2D eigenvalue weighted by molar-refractivity contribution is -0.107. The number of anilines is 1. The number of carbonyl (C=O) groups excluding carboxylic acids is 1. The topological polar surface area (TPSA) is 43.1 Å². The Labute approximate surface area is 63.8 Å². The number of halogens is 1. The summed E-state index contributed by atoms with van der Waals surface area (Å²) >= 11 is 0. The van der Waals surface area contributed by atoms with Gasteiger partial charge in [-0.1, -0.05) is 0 Å². The Morgan fingerprint density at radius 2 is 2.27 bits per heavy atom. The van der Waals surface area contributed by atoms with Crippen molar-refractivity contribution in [2.75, 3.05) is 5.73 Å². The van der Waals surface area contributed by atoms with E-state index in [1.54, 1.807) is 0 Å². The molecule has 0 aromatic heterocycles. The van der Waals surface area contributed by atoms with Gasteiger partial charge in [0.05, 0.1) is 0 Å². The van der Waals surface area contributed by atoms with Crippen LogP contribution in [0.1, 0.15) is 5.56 Å². The van der Waals surface area contributed by atoms with Gasteiger partial charge in [0, 0.05) is 12.1 Å². The predicted octanol–water partition coefficient (Wildman–Crippen LogP) is 1.15. The highest BCUT2D eigenvalue weighted by atomic mass is 19.1. The van der Waals surface area contributed by atoms with Crippen LogP contribution in [-0.4, -0.2) is 6.29 Å². The van der Waals surface area contributed by atoms with E-state index in [0.29, 0.717) is 17.5 Å². The van der Waals surface area contributed by atoms with Crippen LogP contribution in [0.2, 0.25) is 0 Å². The quantitative estimate of drug-likeness (QED) is 0.511. The number of nitrogen functional groups attached to an aromatic ring is 1. The third-order valence-electron chi connectivity index (χ3n) is 1.37. The van der Waals surface area contributed by atoms with Gasteiger partial charge in [-0.3, -0.25) is 0 Å². The van der Waals surface area contributed by atoms with Crippen molar-refractivity contribution >= 4 is 12.0 Å². The molecule has 0 amide bonds. The smallest absolute Gasteiger partial charge is 0.126 e. The van der Waals surface area contributed by atoms with Crippen LogP contribution in [0.15, 0.2) is 18.2 Å². The number of hydrogen-bond acceptors (Lipinski definition) is 2. The summed E-state index contributed by atoms with van der Waals surface area (Å²) < 4.78 is 12.7. The standard InChI is InChI=1S/C8H8FNO/c9-8-2-1-7(10)5-6(8)3-4-11/h1-2,4-5H,3,10H2. The highest BCUT2D eigenvalue weighted by Crippen LogP contribution is 2.11. The van der Waals surface area contributed by atoms with Crippen molar-refractivity contribution in [3.8, 4) is 0 Å². The largest absolute Gasteiger partial charge is 0.399 e. The summed E-state index contributed by atoms with van der Waals surface area (Å²) in [5.74, 6) is -0.383. The normalized spacial score (nSPS) is 9.55. The number of benzene rings is 1. The highest BCUT2D eigenvalue weighted by molar-refractivity contribution is 5.57. The number of hydrogen-bond donors (Lipinski definition) is 1. The maximum atomic E-state index is 12.7. The van der Waals surface area contributed by atoms with Crippen LogP contribution in [0.4, 0.5) is 10.1 Å². The van der Waals surface area contributed by atoms with E-state index in [4.69, 9.17) is 5.73 Å². The molecule has 1 aromatic rings. The monoisotopic (exact) mass is 153 g/mol. The van der Waals surface area contributed by atoms with Gasteiger partial charge in [-0.15, -0.1) is 0 Å². The van der Waals surface area contributed by atoms with Gasteiger partial charge in [0.15, 0.2) is 0 Å². The molecule has 0 heterocycles. The molecule has 0 aliphatic rings. The second-order valence-electron chi connectivity index (χ2n) is 2.22. The maximum Gasteiger partial charge on any atom is 0.126 e. The molecule has 11 heavy (non-hydrogen) atoms. The fourth-order valence-electron chi connectivity index (χ4n) is 0.841. The van der Waals surface area contributed by atoms with Crippen molar-refractivity contribution in [3.05, 3.63) is 29.6 Å². The zero-order chi connectivity index (χ0) is 8.27. The minimum absolute atomic E-state index is 0.0802. The Hall–Kier alpha value is -1.38. The van der Waals surface area contributed by atoms with Gasteiger partial charge in [0.25, 0.3) is 0 Å². The molecule has 0 saturated heterocycles. The van der Waals surface area contributed by atoms with Crippen LogP contribution in [0.5, 0.6) is 0 Å². The molecule has 0 radical (unpaired) electrons. The molecule has 1 rings (SSSR count). The molecule has 2 nitrogen and oxygen atoms in total. The van der Waals surface area contributed by atoms with E-state index in [0.717, 1.165) is 0 Å². The Kier molecular flexibility index (Phi) is 2.21. The van der Waals surface area contributed by atoms with E-state index in [9.17, 15) is 9.18 Å². The van der Waals surface area contributed by atoms with Gasteiger partial charge in [-0.25, -0.2) is 4.39 Å². The first kappa shape index (κ1) is 7.72. The van der Waals surface area contributed by atoms with Crippen molar-refractivity contribution in [3.63, 3.8) is 0 Å². The molecule has 3 heteroatoms. The van der Waals surface area contributed by atoms with Crippen LogP contribution in [0, 0.1) is 5.82 Å². The van der Waals surface area contributed by atoms with E-state index in [2.05, 4.69) is 0 Å². The minimum Gasteiger partial charge on any atom is -0.399 e. The zero-order valence-electron chi connectivity index (χ0n) is 5.88. The van der Waals surface area contributed by atoms with Crippen molar-refractivity contribution in [2.45, 2.75) is 6.42 Å².